The second kappa shape index (κ2) is 6.52. The van der Waals surface area contributed by atoms with Gasteiger partial charge in [-0.15, -0.1) is 0 Å². The third-order valence-electron chi connectivity index (χ3n) is 3.79. The smallest absolute Gasteiger partial charge is 0.261 e. The van der Waals surface area contributed by atoms with Crippen LogP contribution in [0.15, 0.2) is 47.4 Å². The summed E-state index contributed by atoms with van der Waals surface area (Å²) < 4.78 is 33.4. The second-order valence-electron chi connectivity index (χ2n) is 5.38. The summed E-state index contributed by atoms with van der Waals surface area (Å²) in [4.78, 5) is 12.1. The fourth-order valence-electron chi connectivity index (χ4n) is 2.53. The van der Waals surface area contributed by atoms with Gasteiger partial charge in [-0.1, -0.05) is 25.1 Å². The van der Waals surface area contributed by atoms with E-state index in [0.29, 0.717) is 31.0 Å². The number of anilines is 1. The highest BCUT2D eigenvalue weighted by Crippen LogP contribution is 2.26. The zero-order valence-corrected chi connectivity index (χ0v) is 14.0. The zero-order valence-electron chi connectivity index (χ0n) is 13.2. The van der Waals surface area contributed by atoms with Crippen LogP contribution in [0.4, 0.5) is 5.69 Å². The van der Waals surface area contributed by atoms with E-state index in [-0.39, 0.29) is 16.4 Å². The molecular formula is C17H18N2O4S. The average Bonchev–Trinajstić information content (AvgIpc) is 2.76. The molecule has 2 aromatic carbocycles. The first-order chi connectivity index (χ1) is 11.5. The molecule has 3 rings (SSSR count). The van der Waals surface area contributed by atoms with Crippen LogP contribution >= 0.6 is 0 Å². The maximum atomic E-state index is 12.7. The molecule has 24 heavy (non-hydrogen) atoms. The van der Waals surface area contributed by atoms with Crippen LogP contribution in [0.5, 0.6) is 5.75 Å². The first-order valence-corrected chi connectivity index (χ1v) is 9.15. The van der Waals surface area contributed by atoms with E-state index in [0.717, 1.165) is 5.56 Å². The number of ether oxygens (including phenoxy) is 1. The van der Waals surface area contributed by atoms with E-state index in [1.165, 1.54) is 18.2 Å². The van der Waals surface area contributed by atoms with Crippen molar-refractivity contribution in [3.05, 3.63) is 53.6 Å². The zero-order chi connectivity index (χ0) is 17.2. The Hall–Kier alpha value is -2.54. The number of para-hydroxylation sites is 1. The number of sulfonamides is 1. The van der Waals surface area contributed by atoms with Crippen molar-refractivity contribution in [1.82, 2.24) is 5.32 Å². The molecule has 0 aliphatic carbocycles. The molecule has 1 heterocycles. The number of nitrogens with one attached hydrogen (secondary N) is 2. The van der Waals surface area contributed by atoms with E-state index in [1.54, 1.807) is 12.1 Å². The highest BCUT2D eigenvalue weighted by atomic mass is 32.2. The number of benzene rings is 2. The lowest BCUT2D eigenvalue weighted by atomic mass is 10.1. The molecule has 0 atom stereocenters. The largest absolute Gasteiger partial charge is 0.491 e. The fourth-order valence-corrected chi connectivity index (χ4v) is 3.66. The molecule has 7 heteroatoms. The number of fused-ring (bicyclic) bond motifs is 1. The van der Waals surface area contributed by atoms with E-state index >= 15 is 0 Å². The van der Waals surface area contributed by atoms with E-state index in [1.807, 2.05) is 19.1 Å². The summed E-state index contributed by atoms with van der Waals surface area (Å²) in [5.41, 5.74) is 1.66. The van der Waals surface area contributed by atoms with Gasteiger partial charge in [0, 0.05) is 0 Å². The van der Waals surface area contributed by atoms with Crippen molar-refractivity contribution in [3.63, 3.8) is 0 Å². The third kappa shape index (κ3) is 3.21. The van der Waals surface area contributed by atoms with Gasteiger partial charge >= 0.3 is 0 Å². The van der Waals surface area contributed by atoms with Gasteiger partial charge in [0.25, 0.3) is 15.9 Å². The minimum Gasteiger partial charge on any atom is -0.491 e. The fraction of sp³-hybridized carbons (Fsp3) is 0.235. The molecule has 0 bridgehead atoms. The van der Waals surface area contributed by atoms with E-state index < -0.39 is 10.0 Å². The molecular weight excluding hydrogens is 328 g/mol. The Kier molecular flexibility index (Phi) is 4.44. The number of carbonyl (C=O) groups excluding carboxylic acids is 1. The Morgan fingerprint density at radius 3 is 2.79 bits per heavy atom. The molecule has 126 valence electrons. The third-order valence-corrected chi connectivity index (χ3v) is 5.16. The maximum Gasteiger partial charge on any atom is 0.261 e. The number of carbonyl (C=O) groups is 1. The van der Waals surface area contributed by atoms with E-state index in [9.17, 15) is 13.2 Å². The summed E-state index contributed by atoms with van der Waals surface area (Å²) in [7, 11) is -3.80. The average molecular weight is 346 g/mol. The summed E-state index contributed by atoms with van der Waals surface area (Å²) in [5, 5.41) is 2.67. The van der Waals surface area contributed by atoms with Crippen molar-refractivity contribution in [2.45, 2.75) is 18.2 Å². The normalized spacial score (nSPS) is 14.1. The molecule has 0 radical (unpaired) electrons. The van der Waals surface area contributed by atoms with Crippen LogP contribution in [0.25, 0.3) is 0 Å². The van der Waals surface area contributed by atoms with Crippen molar-refractivity contribution in [2.75, 3.05) is 17.9 Å². The Bertz CT molecular complexity index is 878. The predicted molar refractivity (Wildman–Crippen MR) is 90.9 cm³/mol. The minimum absolute atomic E-state index is 0.0211. The maximum absolute atomic E-state index is 12.7. The van der Waals surface area contributed by atoms with Gasteiger partial charge in [-0.25, -0.2) is 8.42 Å². The van der Waals surface area contributed by atoms with Crippen LogP contribution in [0.3, 0.4) is 0 Å². The van der Waals surface area contributed by atoms with Crippen molar-refractivity contribution >= 4 is 21.6 Å². The van der Waals surface area contributed by atoms with Crippen LogP contribution in [0.1, 0.15) is 22.8 Å². The summed E-state index contributed by atoms with van der Waals surface area (Å²) >= 11 is 0. The summed E-state index contributed by atoms with van der Waals surface area (Å²) in [6.07, 6.45) is 0.707. The van der Waals surface area contributed by atoms with Gasteiger partial charge in [-0.3, -0.25) is 9.52 Å². The molecule has 0 saturated carbocycles. The van der Waals surface area contributed by atoms with Crippen molar-refractivity contribution in [3.8, 4) is 5.75 Å². The van der Waals surface area contributed by atoms with Crippen LogP contribution in [0.2, 0.25) is 0 Å². The summed E-state index contributed by atoms with van der Waals surface area (Å²) in [6.45, 7) is 2.70. The summed E-state index contributed by atoms with van der Waals surface area (Å²) in [5.74, 6) is 0.0476. The molecule has 0 fully saturated rings. The SMILES string of the molecule is CCc1ccccc1NS(=O)(=O)c1ccc2c(c1)C(=O)NCCO2. The number of rotatable bonds is 4. The number of aryl methyl sites for hydroxylation is 1. The molecule has 0 unspecified atom stereocenters. The highest BCUT2D eigenvalue weighted by molar-refractivity contribution is 7.92. The molecule has 6 nitrogen and oxygen atoms in total. The van der Waals surface area contributed by atoms with Crippen LogP contribution < -0.4 is 14.8 Å². The minimum atomic E-state index is -3.80. The van der Waals surface area contributed by atoms with Gasteiger partial charge in [0.05, 0.1) is 22.7 Å². The Labute approximate surface area is 140 Å². The molecule has 2 aromatic rings. The second-order valence-corrected chi connectivity index (χ2v) is 7.06. The van der Waals surface area contributed by atoms with Crippen molar-refractivity contribution in [2.24, 2.45) is 0 Å². The molecule has 0 spiro atoms. The Balaban J connectivity index is 1.97. The topological polar surface area (TPSA) is 84.5 Å². The van der Waals surface area contributed by atoms with Gasteiger partial charge in [0.2, 0.25) is 0 Å². The van der Waals surface area contributed by atoms with E-state index in [2.05, 4.69) is 10.0 Å². The van der Waals surface area contributed by atoms with Gasteiger partial charge in [-0.05, 0) is 36.2 Å². The molecule has 1 amide bonds. The lowest BCUT2D eigenvalue weighted by Crippen LogP contribution is -2.24. The van der Waals surface area contributed by atoms with Crippen LogP contribution in [0, 0.1) is 0 Å². The quantitative estimate of drug-likeness (QED) is 0.889. The van der Waals surface area contributed by atoms with Crippen LogP contribution in [-0.2, 0) is 16.4 Å². The van der Waals surface area contributed by atoms with Crippen molar-refractivity contribution in [1.29, 1.82) is 0 Å². The number of hydrogen-bond acceptors (Lipinski definition) is 4. The predicted octanol–water partition coefficient (Wildman–Crippen LogP) is 2.17. The molecule has 0 aromatic heterocycles. The Morgan fingerprint density at radius 2 is 2.00 bits per heavy atom. The van der Waals surface area contributed by atoms with Crippen LogP contribution in [-0.4, -0.2) is 27.5 Å². The standard InChI is InChI=1S/C17H18N2O4S/c1-2-12-5-3-4-6-15(12)19-24(21,22)13-7-8-16-14(11-13)17(20)18-9-10-23-16/h3-8,11,19H,2,9-10H2,1H3,(H,18,20). The first kappa shape index (κ1) is 16.3. The number of hydrogen-bond donors (Lipinski definition) is 2. The molecule has 1 aliphatic heterocycles. The number of amides is 1. The first-order valence-electron chi connectivity index (χ1n) is 7.67. The van der Waals surface area contributed by atoms with Gasteiger partial charge in [0.1, 0.15) is 12.4 Å². The summed E-state index contributed by atoms with van der Waals surface area (Å²) in [6, 6.07) is 11.5. The van der Waals surface area contributed by atoms with Gasteiger partial charge in [-0.2, -0.15) is 0 Å². The van der Waals surface area contributed by atoms with Gasteiger partial charge < -0.3 is 10.1 Å². The molecule has 0 saturated heterocycles. The monoisotopic (exact) mass is 346 g/mol. The Morgan fingerprint density at radius 1 is 1.21 bits per heavy atom. The van der Waals surface area contributed by atoms with Gasteiger partial charge in [0.15, 0.2) is 0 Å². The molecule has 2 N–H and O–H groups in total. The van der Waals surface area contributed by atoms with E-state index in [4.69, 9.17) is 4.74 Å². The highest BCUT2D eigenvalue weighted by Gasteiger charge is 2.22. The lowest BCUT2D eigenvalue weighted by molar-refractivity contribution is 0.0957. The van der Waals surface area contributed by atoms with Crippen molar-refractivity contribution < 1.29 is 17.9 Å². The lowest BCUT2D eigenvalue weighted by Gasteiger charge is -2.13. The molecule has 1 aliphatic rings.